The van der Waals surface area contributed by atoms with Gasteiger partial charge in [-0.25, -0.2) is 12.7 Å². The van der Waals surface area contributed by atoms with Crippen molar-refractivity contribution in [3.63, 3.8) is 0 Å². The lowest BCUT2D eigenvalue weighted by atomic mass is 10.4. The maximum absolute atomic E-state index is 11.6. The number of aliphatic imine (C=N–C) groups is 1. The van der Waals surface area contributed by atoms with Crippen LogP contribution in [0.3, 0.4) is 0 Å². The first kappa shape index (κ1) is 19.9. The van der Waals surface area contributed by atoms with Crippen molar-refractivity contribution in [3.8, 4) is 0 Å². The van der Waals surface area contributed by atoms with Gasteiger partial charge in [0.2, 0.25) is 10.0 Å². The van der Waals surface area contributed by atoms with Gasteiger partial charge in [0.1, 0.15) is 0 Å². The fourth-order valence-corrected chi connectivity index (χ4v) is 3.41. The van der Waals surface area contributed by atoms with Gasteiger partial charge in [0, 0.05) is 46.9 Å². The van der Waals surface area contributed by atoms with Crippen LogP contribution in [-0.4, -0.2) is 71.4 Å². The Morgan fingerprint density at radius 1 is 1.35 bits per heavy atom. The van der Waals surface area contributed by atoms with Crippen molar-refractivity contribution < 1.29 is 13.2 Å². The number of guanidine groups is 1. The third-order valence-corrected chi connectivity index (χ3v) is 4.85. The van der Waals surface area contributed by atoms with Crippen LogP contribution in [0.2, 0.25) is 0 Å². The molecule has 0 aromatic heterocycles. The van der Waals surface area contributed by atoms with Crippen LogP contribution >= 0.6 is 24.0 Å². The fraction of sp³-hybridized carbons (Fsp3) is 0.909. The van der Waals surface area contributed by atoms with Crippen LogP contribution < -0.4 is 10.6 Å². The highest BCUT2D eigenvalue weighted by atomic mass is 127. The summed E-state index contributed by atoms with van der Waals surface area (Å²) in [6.07, 6.45) is 1.63. The molecule has 0 spiro atoms. The third kappa shape index (κ3) is 7.04. The zero-order chi connectivity index (χ0) is 14.1. The minimum atomic E-state index is -3.00. The van der Waals surface area contributed by atoms with E-state index in [-0.39, 0.29) is 29.7 Å². The van der Waals surface area contributed by atoms with Crippen molar-refractivity contribution in [1.29, 1.82) is 0 Å². The molecule has 0 aromatic rings. The van der Waals surface area contributed by atoms with E-state index in [1.165, 1.54) is 4.31 Å². The molecule has 1 aliphatic rings. The Balaban J connectivity index is 0.00000361. The van der Waals surface area contributed by atoms with E-state index in [4.69, 9.17) is 4.74 Å². The summed E-state index contributed by atoms with van der Waals surface area (Å²) >= 11 is 0. The van der Waals surface area contributed by atoms with Gasteiger partial charge < -0.3 is 15.4 Å². The minimum Gasteiger partial charge on any atom is -0.385 e. The van der Waals surface area contributed by atoms with Gasteiger partial charge in [0.05, 0.1) is 5.75 Å². The fourth-order valence-electron chi connectivity index (χ4n) is 1.89. The number of nitrogens with one attached hydrogen (secondary N) is 2. The molecule has 1 heterocycles. The van der Waals surface area contributed by atoms with Crippen molar-refractivity contribution in [3.05, 3.63) is 0 Å². The minimum absolute atomic E-state index is 0. The van der Waals surface area contributed by atoms with Crippen LogP contribution in [0.25, 0.3) is 0 Å². The topological polar surface area (TPSA) is 83.0 Å². The first-order valence-corrected chi connectivity index (χ1v) is 8.12. The molecule has 1 saturated heterocycles. The zero-order valence-electron chi connectivity index (χ0n) is 12.1. The molecular formula is C11H25IN4O3S. The lowest BCUT2D eigenvalue weighted by Gasteiger charge is -2.16. The first-order chi connectivity index (χ1) is 9.10. The molecule has 0 bridgehead atoms. The first-order valence-electron chi connectivity index (χ1n) is 6.51. The van der Waals surface area contributed by atoms with Gasteiger partial charge in [-0.05, 0) is 12.8 Å². The van der Waals surface area contributed by atoms with Crippen LogP contribution in [0.4, 0.5) is 0 Å². The third-order valence-electron chi connectivity index (χ3n) is 2.90. The van der Waals surface area contributed by atoms with E-state index >= 15 is 0 Å². The standard InChI is InChI=1S/C11H24N4O3S.HI/c1-12-11(13-5-3-9-18-2)14-6-8-15-7-4-10-19(15,16)17;/h3-10H2,1-2H3,(H2,12,13,14);1H. The second kappa shape index (κ2) is 10.6. The molecule has 0 amide bonds. The van der Waals surface area contributed by atoms with Gasteiger partial charge in [0.25, 0.3) is 0 Å². The van der Waals surface area contributed by atoms with E-state index in [2.05, 4.69) is 15.6 Å². The Morgan fingerprint density at radius 3 is 2.60 bits per heavy atom. The molecule has 20 heavy (non-hydrogen) atoms. The summed E-state index contributed by atoms with van der Waals surface area (Å²) in [5, 5.41) is 6.24. The normalized spacial score (nSPS) is 18.6. The van der Waals surface area contributed by atoms with Crippen LogP contribution in [0.1, 0.15) is 12.8 Å². The lowest BCUT2D eigenvalue weighted by Crippen LogP contribution is -2.42. The number of sulfonamides is 1. The summed E-state index contributed by atoms with van der Waals surface area (Å²) < 4.78 is 29.7. The van der Waals surface area contributed by atoms with E-state index in [1.54, 1.807) is 14.2 Å². The van der Waals surface area contributed by atoms with E-state index in [0.29, 0.717) is 32.2 Å². The van der Waals surface area contributed by atoms with Gasteiger partial charge in [0.15, 0.2) is 5.96 Å². The van der Waals surface area contributed by atoms with Gasteiger partial charge in [-0.1, -0.05) is 0 Å². The number of rotatable bonds is 7. The molecule has 2 N–H and O–H groups in total. The maximum atomic E-state index is 11.6. The smallest absolute Gasteiger partial charge is 0.214 e. The maximum Gasteiger partial charge on any atom is 0.214 e. The highest BCUT2D eigenvalue weighted by molar-refractivity contribution is 14.0. The van der Waals surface area contributed by atoms with E-state index in [0.717, 1.165) is 19.4 Å². The van der Waals surface area contributed by atoms with E-state index < -0.39 is 10.0 Å². The lowest BCUT2D eigenvalue weighted by molar-refractivity contribution is 0.195. The van der Waals surface area contributed by atoms with Gasteiger partial charge in [-0.3, -0.25) is 4.99 Å². The summed E-state index contributed by atoms with van der Waals surface area (Å²) in [6.45, 7) is 3.15. The van der Waals surface area contributed by atoms with Gasteiger partial charge in [-0.2, -0.15) is 0 Å². The number of nitrogens with zero attached hydrogens (tertiary/aromatic N) is 2. The molecule has 0 atom stereocenters. The molecule has 7 nitrogen and oxygen atoms in total. The summed E-state index contributed by atoms with van der Waals surface area (Å²) in [5.74, 6) is 0.962. The van der Waals surface area contributed by atoms with Crippen molar-refractivity contribution in [1.82, 2.24) is 14.9 Å². The van der Waals surface area contributed by atoms with E-state index in [1.807, 2.05) is 0 Å². The van der Waals surface area contributed by atoms with Crippen molar-refractivity contribution in [2.24, 2.45) is 4.99 Å². The highest BCUT2D eigenvalue weighted by Crippen LogP contribution is 2.11. The Morgan fingerprint density at radius 2 is 2.05 bits per heavy atom. The molecule has 0 unspecified atom stereocenters. The molecule has 9 heteroatoms. The van der Waals surface area contributed by atoms with Crippen molar-refractivity contribution in [2.45, 2.75) is 12.8 Å². The van der Waals surface area contributed by atoms with Crippen LogP contribution in [-0.2, 0) is 14.8 Å². The summed E-state index contributed by atoms with van der Waals surface area (Å²) in [6, 6.07) is 0. The Hall–Kier alpha value is -0.130. The van der Waals surface area contributed by atoms with Crippen LogP contribution in [0, 0.1) is 0 Å². The SMILES string of the molecule is CN=C(NCCCOC)NCCN1CCCS1(=O)=O.I. The van der Waals surface area contributed by atoms with Gasteiger partial charge >= 0.3 is 0 Å². The summed E-state index contributed by atoms with van der Waals surface area (Å²) in [4.78, 5) is 4.07. The monoisotopic (exact) mass is 420 g/mol. The summed E-state index contributed by atoms with van der Waals surface area (Å²) in [7, 11) is 0.363. The molecule has 0 saturated carbocycles. The number of halogens is 1. The average molecular weight is 420 g/mol. The molecule has 1 aliphatic heterocycles. The highest BCUT2D eigenvalue weighted by Gasteiger charge is 2.27. The number of methoxy groups -OCH3 is 1. The number of ether oxygens (including phenoxy) is 1. The number of hydrogen-bond donors (Lipinski definition) is 2. The molecule has 0 aromatic carbocycles. The molecule has 0 aliphatic carbocycles. The Kier molecular flexibility index (Phi) is 10.5. The van der Waals surface area contributed by atoms with Crippen LogP contribution in [0.15, 0.2) is 4.99 Å². The van der Waals surface area contributed by atoms with Crippen molar-refractivity contribution >= 4 is 40.0 Å². The van der Waals surface area contributed by atoms with Crippen molar-refractivity contribution in [2.75, 3.05) is 52.7 Å². The second-order valence-corrected chi connectivity index (χ2v) is 6.43. The molecule has 1 rings (SSSR count). The predicted octanol–water partition coefficient (Wildman–Crippen LogP) is -0.159. The number of hydrogen-bond acceptors (Lipinski definition) is 4. The molecule has 1 fully saturated rings. The van der Waals surface area contributed by atoms with E-state index in [9.17, 15) is 8.42 Å². The molecular weight excluding hydrogens is 395 g/mol. The predicted molar refractivity (Wildman–Crippen MR) is 91.2 cm³/mol. The molecule has 120 valence electrons. The largest absolute Gasteiger partial charge is 0.385 e. The second-order valence-electron chi connectivity index (χ2n) is 4.34. The quantitative estimate of drug-likeness (QED) is 0.259. The Bertz CT molecular complexity index is 389. The zero-order valence-corrected chi connectivity index (χ0v) is 15.2. The average Bonchev–Trinajstić information content (AvgIpc) is 2.71. The van der Waals surface area contributed by atoms with Gasteiger partial charge in [-0.15, -0.1) is 24.0 Å². The molecule has 0 radical (unpaired) electrons. The Labute approximate surface area is 138 Å². The summed E-state index contributed by atoms with van der Waals surface area (Å²) in [5.41, 5.74) is 0. The van der Waals surface area contributed by atoms with Crippen LogP contribution in [0.5, 0.6) is 0 Å².